The molecule has 1 aromatic heterocycles. The molecule has 0 aliphatic carbocycles. The van der Waals surface area contributed by atoms with Gasteiger partial charge in [-0.1, -0.05) is 6.07 Å². The molecular weight excluding hydrogens is 345 g/mol. The van der Waals surface area contributed by atoms with Gasteiger partial charge in [0.1, 0.15) is 11.9 Å². The van der Waals surface area contributed by atoms with Crippen molar-refractivity contribution in [1.29, 1.82) is 0 Å². The Bertz CT molecular complexity index is 773. The average molecular weight is 361 g/mol. The smallest absolute Gasteiger partial charge is 0.329 e. The highest BCUT2D eigenvalue weighted by Gasteiger charge is 2.36. The van der Waals surface area contributed by atoms with Crippen LogP contribution in [-0.4, -0.2) is 41.8 Å². The van der Waals surface area contributed by atoms with Crippen LogP contribution >= 0.6 is 11.3 Å². The summed E-state index contributed by atoms with van der Waals surface area (Å²) < 4.78 is 18.0. The van der Waals surface area contributed by atoms with E-state index in [-0.39, 0.29) is 11.5 Å². The summed E-state index contributed by atoms with van der Waals surface area (Å²) >= 11 is 1.32. The van der Waals surface area contributed by atoms with Crippen LogP contribution in [0.15, 0.2) is 41.8 Å². The topological polar surface area (TPSA) is 63.7 Å². The number of amides is 1. The zero-order chi connectivity index (χ0) is 17.8. The number of thiophene rings is 1. The van der Waals surface area contributed by atoms with Gasteiger partial charge in [-0.25, -0.2) is 9.18 Å². The molecule has 2 aromatic rings. The van der Waals surface area contributed by atoms with Crippen molar-refractivity contribution in [3.63, 3.8) is 0 Å². The second-order valence-corrected chi connectivity index (χ2v) is 6.62. The molecule has 1 aliphatic rings. The van der Waals surface area contributed by atoms with Gasteiger partial charge in [-0.15, -0.1) is 11.3 Å². The molecule has 1 saturated heterocycles. The molecule has 0 unspecified atom stereocenters. The van der Waals surface area contributed by atoms with Crippen molar-refractivity contribution in [1.82, 2.24) is 4.90 Å². The van der Waals surface area contributed by atoms with Gasteiger partial charge in [-0.2, -0.15) is 0 Å². The van der Waals surface area contributed by atoms with Crippen molar-refractivity contribution in [3.8, 4) is 0 Å². The lowest BCUT2D eigenvalue weighted by atomic mass is 10.1. The summed E-state index contributed by atoms with van der Waals surface area (Å²) in [5, 5.41) is 1.80. The number of esters is 1. The Morgan fingerprint density at radius 1 is 1.20 bits per heavy atom. The van der Waals surface area contributed by atoms with Gasteiger partial charge in [0.25, 0.3) is 5.91 Å². The maximum Gasteiger partial charge on any atom is 0.329 e. The van der Waals surface area contributed by atoms with E-state index < -0.39 is 30.2 Å². The summed E-state index contributed by atoms with van der Waals surface area (Å²) in [5.74, 6) is -1.64. The summed E-state index contributed by atoms with van der Waals surface area (Å²) in [4.78, 5) is 38.8. The molecule has 1 aliphatic heterocycles. The molecule has 0 spiro atoms. The van der Waals surface area contributed by atoms with Crippen molar-refractivity contribution in [2.45, 2.75) is 18.9 Å². The number of hydrogen-bond donors (Lipinski definition) is 0. The predicted molar refractivity (Wildman–Crippen MR) is 90.1 cm³/mol. The number of benzene rings is 1. The first-order valence-electron chi connectivity index (χ1n) is 7.86. The number of Topliss-reactive ketones (excluding diaryl/α,β-unsaturated/α-hetero) is 1. The second-order valence-electron chi connectivity index (χ2n) is 5.67. The lowest BCUT2D eigenvalue weighted by Crippen LogP contribution is -2.41. The Kier molecular flexibility index (Phi) is 5.23. The summed E-state index contributed by atoms with van der Waals surface area (Å²) in [6.07, 6.45) is 1.23. The molecule has 0 saturated carbocycles. The number of ketones is 1. The molecule has 0 radical (unpaired) electrons. The third-order valence-corrected chi connectivity index (χ3v) is 4.89. The molecule has 1 aromatic carbocycles. The van der Waals surface area contributed by atoms with Gasteiger partial charge in [0.05, 0.1) is 4.88 Å². The van der Waals surface area contributed by atoms with Crippen molar-refractivity contribution in [2.24, 2.45) is 0 Å². The standard InChI is InChI=1S/C18H16FNO4S/c19-13-7-5-12(6-8-13)15(21)11-24-18(23)14-3-1-9-20(14)17(22)16-4-2-10-25-16/h2,4-8,10,14H,1,3,9,11H2/t14-/m1/s1. The van der Waals surface area contributed by atoms with Gasteiger partial charge >= 0.3 is 5.97 Å². The lowest BCUT2D eigenvalue weighted by Gasteiger charge is -2.22. The first-order valence-corrected chi connectivity index (χ1v) is 8.74. The van der Waals surface area contributed by atoms with E-state index in [1.807, 2.05) is 0 Å². The molecule has 1 atom stereocenters. The van der Waals surface area contributed by atoms with E-state index in [1.165, 1.54) is 40.5 Å². The fraction of sp³-hybridized carbons (Fsp3) is 0.278. The first kappa shape index (κ1) is 17.3. The molecule has 25 heavy (non-hydrogen) atoms. The maximum atomic E-state index is 12.9. The van der Waals surface area contributed by atoms with E-state index in [2.05, 4.69) is 0 Å². The molecule has 7 heteroatoms. The fourth-order valence-corrected chi connectivity index (χ4v) is 3.43. The molecule has 130 valence electrons. The Balaban J connectivity index is 1.59. The molecule has 5 nitrogen and oxygen atoms in total. The Morgan fingerprint density at radius 2 is 1.96 bits per heavy atom. The van der Waals surface area contributed by atoms with Gasteiger partial charge in [-0.3, -0.25) is 9.59 Å². The molecule has 0 N–H and O–H groups in total. The summed E-state index contributed by atoms with van der Waals surface area (Å²) in [7, 11) is 0. The van der Waals surface area contributed by atoms with Crippen molar-refractivity contribution < 1.29 is 23.5 Å². The minimum Gasteiger partial charge on any atom is -0.456 e. The van der Waals surface area contributed by atoms with E-state index in [9.17, 15) is 18.8 Å². The molecule has 1 amide bonds. The number of rotatable bonds is 5. The highest BCUT2D eigenvalue weighted by molar-refractivity contribution is 7.12. The number of nitrogens with zero attached hydrogens (tertiary/aromatic N) is 1. The number of carbonyl (C=O) groups is 3. The van der Waals surface area contributed by atoms with E-state index in [0.717, 1.165) is 0 Å². The van der Waals surface area contributed by atoms with Crippen LogP contribution in [0.1, 0.15) is 32.9 Å². The third-order valence-electron chi connectivity index (χ3n) is 4.03. The minimum atomic E-state index is -0.671. The summed E-state index contributed by atoms with van der Waals surface area (Å²) in [5.41, 5.74) is 0.271. The number of likely N-dealkylation sites (tertiary alicyclic amines) is 1. The molecule has 3 rings (SSSR count). The number of halogens is 1. The molecule has 0 bridgehead atoms. The Labute approximate surface area is 148 Å². The van der Waals surface area contributed by atoms with Crippen LogP contribution in [0.3, 0.4) is 0 Å². The van der Waals surface area contributed by atoms with Crippen LogP contribution in [0.4, 0.5) is 4.39 Å². The largest absolute Gasteiger partial charge is 0.456 e. The van der Waals surface area contributed by atoms with Gasteiger partial charge in [0.15, 0.2) is 12.4 Å². The summed E-state index contributed by atoms with van der Waals surface area (Å²) in [6, 6.07) is 7.85. The van der Waals surface area contributed by atoms with Crippen LogP contribution in [0, 0.1) is 5.82 Å². The highest BCUT2D eigenvalue weighted by Crippen LogP contribution is 2.23. The average Bonchev–Trinajstić information content (AvgIpc) is 3.30. The van der Waals surface area contributed by atoms with E-state index in [0.29, 0.717) is 24.3 Å². The van der Waals surface area contributed by atoms with E-state index in [4.69, 9.17) is 4.74 Å². The van der Waals surface area contributed by atoms with Crippen LogP contribution < -0.4 is 0 Å². The maximum absolute atomic E-state index is 12.9. The fourth-order valence-electron chi connectivity index (χ4n) is 2.75. The van der Waals surface area contributed by atoms with Crippen molar-refractivity contribution >= 4 is 29.0 Å². The Morgan fingerprint density at radius 3 is 2.64 bits per heavy atom. The number of hydrogen-bond acceptors (Lipinski definition) is 5. The van der Waals surface area contributed by atoms with Gasteiger partial charge in [-0.05, 0) is 48.6 Å². The molecular formula is C18H16FNO4S. The zero-order valence-corrected chi connectivity index (χ0v) is 14.1. The van der Waals surface area contributed by atoms with Crippen molar-refractivity contribution in [2.75, 3.05) is 13.2 Å². The normalized spacial score (nSPS) is 16.7. The molecule has 1 fully saturated rings. The molecule has 2 heterocycles. The lowest BCUT2D eigenvalue weighted by molar-refractivity contribution is -0.147. The van der Waals surface area contributed by atoms with Gasteiger partial charge in [0.2, 0.25) is 0 Å². The third kappa shape index (κ3) is 3.93. The predicted octanol–water partition coefficient (Wildman–Crippen LogP) is 2.92. The highest BCUT2D eigenvalue weighted by atomic mass is 32.1. The number of carbonyl (C=O) groups excluding carboxylic acids is 3. The SMILES string of the molecule is O=C(COC(=O)[C@H]1CCCN1C(=O)c1cccs1)c1ccc(F)cc1. The quantitative estimate of drug-likeness (QED) is 0.607. The number of ether oxygens (including phenoxy) is 1. The first-order chi connectivity index (χ1) is 12.1. The second kappa shape index (κ2) is 7.57. The summed E-state index contributed by atoms with van der Waals surface area (Å²) in [6.45, 7) is 0.0599. The van der Waals surface area contributed by atoms with Crippen LogP contribution in [-0.2, 0) is 9.53 Å². The van der Waals surface area contributed by atoms with Gasteiger partial charge in [0, 0.05) is 12.1 Å². The zero-order valence-electron chi connectivity index (χ0n) is 13.3. The van der Waals surface area contributed by atoms with Crippen LogP contribution in [0.5, 0.6) is 0 Å². The monoisotopic (exact) mass is 361 g/mol. The van der Waals surface area contributed by atoms with E-state index in [1.54, 1.807) is 17.5 Å². The Hall–Kier alpha value is -2.54. The minimum absolute atomic E-state index is 0.195. The van der Waals surface area contributed by atoms with Crippen LogP contribution in [0.25, 0.3) is 0 Å². The van der Waals surface area contributed by atoms with Gasteiger partial charge < -0.3 is 9.64 Å². The van der Waals surface area contributed by atoms with Crippen LogP contribution in [0.2, 0.25) is 0 Å². The van der Waals surface area contributed by atoms with E-state index >= 15 is 0 Å². The van der Waals surface area contributed by atoms with Crippen molar-refractivity contribution in [3.05, 3.63) is 58.0 Å².